The molecule has 2 unspecified atom stereocenters. The van der Waals surface area contributed by atoms with Crippen molar-refractivity contribution in [3.63, 3.8) is 0 Å². The molecule has 0 aliphatic carbocycles. The van der Waals surface area contributed by atoms with Crippen molar-refractivity contribution in [3.8, 4) is 5.75 Å². The maximum Gasteiger partial charge on any atom is 0.120 e. The fourth-order valence-electron chi connectivity index (χ4n) is 2.75. The summed E-state index contributed by atoms with van der Waals surface area (Å²) in [6.07, 6.45) is 3.42. The van der Waals surface area contributed by atoms with Crippen LogP contribution in [0, 0.1) is 5.92 Å². The van der Waals surface area contributed by atoms with Crippen molar-refractivity contribution in [2.24, 2.45) is 5.92 Å². The van der Waals surface area contributed by atoms with E-state index in [1.165, 1.54) is 6.42 Å². The first-order chi connectivity index (χ1) is 9.76. The number of nitrogens with one attached hydrogen (secondary N) is 1. The van der Waals surface area contributed by atoms with E-state index in [0.717, 1.165) is 48.9 Å². The Hall–Kier alpha value is -0.770. The predicted octanol–water partition coefficient (Wildman–Crippen LogP) is 3.82. The molecule has 0 amide bonds. The fourth-order valence-corrected chi connectivity index (χ4v) is 3.03. The summed E-state index contributed by atoms with van der Waals surface area (Å²) in [7, 11) is 1.66. The standard InChI is InChI=1S/C16H24ClNO2/c1-3-8-18-16(12-5-4-9-20-11-12)14-7-6-13(19-2)10-15(14)17/h6-7,10,12,16,18H,3-5,8-9,11H2,1-2H3. The number of hydrogen-bond acceptors (Lipinski definition) is 3. The second kappa shape index (κ2) is 7.87. The van der Waals surface area contributed by atoms with Gasteiger partial charge < -0.3 is 14.8 Å². The van der Waals surface area contributed by atoms with E-state index < -0.39 is 0 Å². The van der Waals surface area contributed by atoms with Gasteiger partial charge in [-0.1, -0.05) is 24.6 Å². The van der Waals surface area contributed by atoms with Crippen LogP contribution in [0.4, 0.5) is 0 Å². The lowest BCUT2D eigenvalue weighted by Gasteiger charge is -2.32. The molecule has 0 saturated carbocycles. The highest BCUT2D eigenvalue weighted by atomic mass is 35.5. The van der Waals surface area contributed by atoms with E-state index in [2.05, 4.69) is 18.3 Å². The molecule has 0 bridgehead atoms. The third-order valence-corrected chi connectivity index (χ3v) is 4.15. The van der Waals surface area contributed by atoms with Gasteiger partial charge in [0.05, 0.1) is 13.7 Å². The average molecular weight is 298 g/mol. The van der Waals surface area contributed by atoms with Gasteiger partial charge in [0.15, 0.2) is 0 Å². The smallest absolute Gasteiger partial charge is 0.120 e. The van der Waals surface area contributed by atoms with Crippen molar-refractivity contribution >= 4 is 11.6 Å². The van der Waals surface area contributed by atoms with Crippen LogP contribution in [0.1, 0.15) is 37.8 Å². The molecule has 1 N–H and O–H groups in total. The molecular formula is C16H24ClNO2. The van der Waals surface area contributed by atoms with Crippen molar-refractivity contribution in [3.05, 3.63) is 28.8 Å². The van der Waals surface area contributed by atoms with Crippen molar-refractivity contribution < 1.29 is 9.47 Å². The van der Waals surface area contributed by atoms with Gasteiger partial charge >= 0.3 is 0 Å². The van der Waals surface area contributed by atoms with E-state index in [1.807, 2.05) is 12.1 Å². The van der Waals surface area contributed by atoms with Gasteiger partial charge in [0, 0.05) is 23.6 Å². The molecule has 0 spiro atoms. The van der Waals surface area contributed by atoms with E-state index >= 15 is 0 Å². The molecule has 2 rings (SSSR count). The molecule has 1 fully saturated rings. The van der Waals surface area contributed by atoms with Gasteiger partial charge in [-0.2, -0.15) is 0 Å². The number of rotatable bonds is 6. The fraction of sp³-hybridized carbons (Fsp3) is 0.625. The Morgan fingerprint density at radius 3 is 2.95 bits per heavy atom. The normalized spacial score (nSPS) is 20.6. The van der Waals surface area contributed by atoms with Crippen LogP contribution in [0.25, 0.3) is 0 Å². The zero-order valence-electron chi connectivity index (χ0n) is 12.3. The summed E-state index contributed by atoms with van der Waals surface area (Å²) >= 11 is 6.44. The zero-order chi connectivity index (χ0) is 14.4. The number of hydrogen-bond donors (Lipinski definition) is 1. The van der Waals surface area contributed by atoms with Gasteiger partial charge in [0.25, 0.3) is 0 Å². The van der Waals surface area contributed by atoms with Gasteiger partial charge in [-0.25, -0.2) is 0 Å². The lowest BCUT2D eigenvalue weighted by Crippen LogP contribution is -2.34. The minimum Gasteiger partial charge on any atom is -0.497 e. The number of halogens is 1. The van der Waals surface area contributed by atoms with Crippen LogP contribution in [0.2, 0.25) is 5.02 Å². The van der Waals surface area contributed by atoms with E-state index in [9.17, 15) is 0 Å². The second-order valence-electron chi connectivity index (χ2n) is 5.30. The van der Waals surface area contributed by atoms with Gasteiger partial charge in [-0.05, 0) is 43.5 Å². The Morgan fingerprint density at radius 1 is 1.50 bits per heavy atom. The first-order valence-corrected chi connectivity index (χ1v) is 7.78. The summed E-state index contributed by atoms with van der Waals surface area (Å²) in [6.45, 7) is 4.86. The first kappa shape index (κ1) is 15.6. The summed E-state index contributed by atoms with van der Waals surface area (Å²) in [6, 6.07) is 6.20. The molecule has 1 saturated heterocycles. The summed E-state index contributed by atoms with van der Waals surface area (Å²) in [5.74, 6) is 1.29. The molecule has 1 aromatic carbocycles. The second-order valence-corrected chi connectivity index (χ2v) is 5.70. The van der Waals surface area contributed by atoms with Crippen LogP contribution in [0.3, 0.4) is 0 Å². The molecule has 1 aliphatic heterocycles. The van der Waals surface area contributed by atoms with Gasteiger partial charge in [-0.3, -0.25) is 0 Å². The molecule has 20 heavy (non-hydrogen) atoms. The van der Waals surface area contributed by atoms with Gasteiger partial charge in [-0.15, -0.1) is 0 Å². The number of benzene rings is 1. The summed E-state index contributed by atoms with van der Waals surface area (Å²) in [5.41, 5.74) is 1.15. The quantitative estimate of drug-likeness (QED) is 0.866. The monoisotopic (exact) mass is 297 g/mol. The third-order valence-electron chi connectivity index (χ3n) is 3.82. The summed E-state index contributed by atoms with van der Waals surface area (Å²) < 4.78 is 10.9. The SMILES string of the molecule is CCCNC(c1ccc(OC)cc1Cl)C1CCCOC1. The minimum atomic E-state index is 0.258. The molecule has 0 radical (unpaired) electrons. The lowest BCUT2D eigenvalue weighted by atomic mass is 9.88. The topological polar surface area (TPSA) is 30.5 Å². The Balaban J connectivity index is 2.20. The Morgan fingerprint density at radius 2 is 2.35 bits per heavy atom. The Labute approximate surface area is 126 Å². The average Bonchev–Trinajstić information content (AvgIpc) is 2.50. The molecule has 4 heteroatoms. The van der Waals surface area contributed by atoms with Crippen LogP contribution in [0.5, 0.6) is 5.75 Å². The largest absolute Gasteiger partial charge is 0.497 e. The van der Waals surface area contributed by atoms with E-state index in [4.69, 9.17) is 21.1 Å². The van der Waals surface area contributed by atoms with Crippen LogP contribution in [0.15, 0.2) is 18.2 Å². The maximum atomic E-state index is 6.44. The molecular weight excluding hydrogens is 274 g/mol. The molecule has 112 valence electrons. The van der Waals surface area contributed by atoms with Crippen LogP contribution >= 0.6 is 11.6 Å². The summed E-state index contributed by atoms with van der Waals surface area (Å²) in [5, 5.41) is 4.40. The van der Waals surface area contributed by atoms with Crippen LogP contribution in [-0.2, 0) is 4.74 Å². The molecule has 3 nitrogen and oxygen atoms in total. The number of ether oxygens (including phenoxy) is 2. The molecule has 0 aromatic heterocycles. The van der Waals surface area contributed by atoms with Crippen molar-refractivity contribution in [1.29, 1.82) is 0 Å². The highest BCUT2D eigenvalue weighted by molar-refractivity contribution is 6.31. The minimum absolute atomic E-state index is 0.258. The van der Waals surface area contributed by atoms with E-state index in [-0.39, 0.29) is 6.04 Å². The summed E-state index contributed by atoms with van der Waals surface area (Å²) in [4.78, 5) is 0. The van der Waals surface area contributed by atoms with Gasteiger partial charge in [0.1, 0.15) is 5.75 Å². The number of methoxy groups -OCH3 is 1. The van der Waals surface area contributed by atoms with Crippen LogP contribution in [-0.4, -0.2) is 26.9 Å². The van der Waals surface area contributed by atoms with E-state index in [1.54, 1.807) is 7.11 Å². The highest BCUT2D eigenvalue weighted by Gasteiger charge is 2.26. The lowest BCUT2D eigenvalue weighted by molar-refractivity contribution is 0.0390. The Kier molecular flexibility index (Phi) is 6.14. The highest BCUT2D eigenvalue weighted by Crippen LogP contribution is 2.34. The maximum absolute atomic E-state index is 6.44. The molecule has 1 aromatic rings. The molecule has 2 atom stereocenters. The predicted molar refractivity (Wildman–Crippen MR) is 82.6 cm³/mol. The van der Waals surface area contributed by atoms with Crippen molar-refractivity contribution in [2.45, 2.75) is 32.2 Å². The molecule has 1 aliphatic rings. The third kappa shape index (κ3) is 3.87. The first-order valence-electron chi connectivity index (χ1n) is 7.40. The van der Waals surface area contributed by atoms with Crippen molar-refractivity contribution in [2.75, 3.05) is 26.9 Å². The van der Waals surface area contributed by atoms with Crippen LogP contribution < -0.4 is 10.1 Å². The van der Waals surface area contributed by atoms with Crippen molar-refractivity contribution in [1.82, 2.24) is 5.32 Å². The Bertz CT molecular complexity index is 419. The van der Waals surface area contributed by atoms with Gasteiger partial charge in [0.2, 0.25) is 0 Å². The zero-order valence-corrected chi connectivity index (χ0v) is 13.1. The van der Waals surface area contributed by atoms with E-state index in [0.29, 0.717) is 5.92 Å². The molecule has 1 heterocycles.